The van der Waals surface area contributed by atoms with Crippen molar-refractivity contribution in [1.82, 2.24) is 0 Å². The second-order valence-electron chi connectivity index (χ2n) is 8.56. The summed E-state index contributed by atoms with van der Waals surface area (Å²) in [5.74, 6) is -0.552. The Morgan fingerprint density at radius 2 is 2.00 bits per heavy atom. The molecule has 2 saturated carbocycles. The zero-order valence-electron chi connectivity index (χ0n) is 16.0. The first-order chi connectivity index (χ1) is 11.8. The topological polar surface area (TPSA) is 52.6 Å². The van der Waals surface area contributed by atoms with Crippen molar-refractivity contribution < 1.29 is 19.1 Å². The van der Waals surface area contributed by atoms with Crippen LogP contribution in [-0.2, 0) is 19.1 Å². The summed E-state index contributed by atoms with van der Waals surface area (Å²) in [6.45, 7) is 12.7. The van der Waals surface area contributed by atoms with Gasteiger partial charge in [-0.2, -0.15) is 0 Å². The molecular formula is C21H32O4. The Labute approximate surface area is 151 Å². The third kappa shape index (κ3) is 3.02. The zero-order chi connectivity index (χ0) is 18.4. The highest BCUT2D eigenvalue weighted by atomic mass is 16.6. The van der Waals surface area contributed by atoms with E-state index in [2.05, 4.69) is 34.3 Å². The fourth-order valence-electron chi connectivity index (χ4n) is 5.64. The molecule has 0 radical (unpaired) electrons. The molecule has 0 spiro atoms. The molecule has 1 aliphatic heterocycles. The molecule has 0 amide bonds. The Hall–Kier alpha value is -1.32. The van der Waals surface area contributed by atoms with Gasteiger partial charge in [0.2, 0.25) is 0 Å². The van der Waals surface area contributed by atoms with Gasteiger partial charge in [0, 0.05) is 5.92 Å². The van der Waals surface area contributed by atoms with Crippen LogP contribution < -0.4 is 0 Å². The van der Waals surface area contributed by atoms with Crippen LogP contribution in [-0.4, -0.2) is 23.6 Å². The van der Waals surface area contributed by atoms with Crippen LogP contribution in [0.15, 0.2) is 12.2 Å². The molecule has 3 rings (SSSR count). The van der Waals surface area contributed by atoms with Crippen LogP contribution in [0.2, 0.25) is 0 Å². The Morgan fingerprint density at radius 1 is 1.28 bits per heavy atom. The van der Waals surface area contributed by atoms with Crippen molar-refractivity contribution in [3.63, 3.8) is 0 Å². The van der Waals surface area contributed by atoms with Crippen molar-refractivity contribution in [2.24, 2.45) is 29.6 Å². The fraction of sp³-hybridized carbons (Fsp3) is 0.810. The molecule has 4 nitrogen and oxygen atoms in total. The van der Waals surface area contributed by atoms with Gasteiger partial charge >= 0.3 is 11.9 Å². The first-order valence-corrected chi connectivity index (χ1v) is 9.92. The standard InChI is InChI=1S/C21H32O4/c1-6-16-9-12(3)8-14(5)21(16,7-2)25-20(23)18-15-10-13(4)17(11-15)24-19(18)22/h13-18H,3,6-11H2,1-2,4-5H3. The number of hydrogen-bond acceptors (Lipinski definition) is 4. The molecule has 0 aromatic carbocycles. The Bertz CT molecular complexity index is 566. The molecule has 3 fully saturated rings. The second kappa shape index (κ2) is 6.77. The van der Waals surface area contributed by atoms with Crippen LogP contribution in [0.1, 0.15) is 66.2 Å². The third-order valence-corrected chi connectivity index (χ3v) is 7.08. The number of allylic oxidation sites excluding steroid dienone is 1. The SMILES string of the molecule is C=C1CC(C)C(CC)(OC(=O)C2C(=O)OC3CC2CC3C)C(CC)C1. The number of ether oxygens (including phenoxy) is 2. The largest absolute Gasteiger partial charge is 0.461 e. The summed E-state index contributed by atoms with van der Waals surface area (Å²) in [7, 11) is 0. The number of rotatable bonds is 4. The molecule has 7 atom stereocenters. The minimum atomic E-state index is -0.737. The van der Waals surface area contributed by atoms with E-state index < -0.39 is 11.5 Å². The van der Waals surface area contributed by atoms with Crippen LogP contribution in [0.3, 0.4) is 0 Å². The molecule has 7 unspecified atom stereocenters. The summed E-state index contributed by atoms with van der Waals surface area (Å²) in [5.41, 5.74) is 0.748. The highest BCUT2D eigenvalue weighted by molar-refractivity contribution is 5.96. The van der Waals surface area contributed by atoms with E-state index in [1.165, 1.54) is 5.57 Å². The molecule has 1 heterocycles. The molecule has 140 valence electrons. The number of fused-ring (bicyclic) bond motifs is 2. The van der Waals surface area contributed by atoms with E-state index in [9.17, 15) is 9.59 Å². The predicted octanol–water partition coefficient (Wildman–Crippen LogP) is 4.28. The summed E-state index contributed by atoms with van der Waals surface area (Å²) >= 11 is 0. The van der Waals surface area contributed by atoms with Gasteiger partial charge in [-0.15, -0.1) is 0 Å². The van der Waals surface area contributed by atoms with E-state index in [4.69, 9.17) is 9.47 Å². The number of carbonyl (C=O) groups is 2. The second-order valence-corrected chi connectivity index (χ2v) is 8.56. The minimum Gasteiger partial charge on any atom is -0.461 e. The van der Waals surface area contributed by atoms with Gasteiger partial charge in [-0.25, -0.2) is 0 Å². The number of esters is 2. The quantitative estimate of drug-likeness (QED) is 0.432. The highest BCUT2D eigenvalue weighted by Gasteiger charge is 2.54. The Balaban J connectivity index is 1.82. The van der Waals surface area contributed by atoms with Crippen LogP contribution in [0.25, 0.3) is 0 Å². The summed E-state index contributed by atoms with van der Waals surface area (Å²) in [6.07, 6.45) is 5.17. The maximum Gasteiger partial charge on any atom is 0.321 e. The fourth-order valence-corrected chi connectivity index (χ4v) is 5.64. The molecule has 25 heavy (non-hydrogen) atoms. The zero-order valence-corrected chi connectivity index (χ0v) is 16.0. The summed E-state index contributed by atoms with van der Waals surface area (Å²) in [6, 6.07) is 0. The van der Waals surface area contributed by atoms with Crippen LogP contribution in [0.4, 0.5) is 0 Å². The number of hydrogen-bond donors (Lipinski definition) is 0. The van der Waals surface area contributed by atoms with Gasteiger partial charge in [-0.05, 0) is 56.3 Å². The molecule has 2 bridgehead atoms. The first kappa shape index (κ1) is 18.5. The van der Waals surface area contributed by atoms with Gasteiger partial charge in [0.15, 0.2) is 5.92 Å². The van der Waals surface area contributed by atoms with E-state index in [1.807, 2.05) is 0 Å². The lowest BCUT2D eigenvalue weighted by atomic mass is 9.65. The van der Waals surface area contributed by atoms with E-state index in [0.29, 0.717) is 5.92 Å². The molecule has 0 aromatic rings. The maximum atomic E-state index is 13.1. The first-order valence-electron chi connectivity index (χ1n) is 9.92. The molecule has 1 saturated heterocycles. The van der Waals surface area contributed by atoms with Gasteiger partial charge in [0.1, 0.15) is 11.7 Å². The molecule has 2 aliphatic carbocycles. The van der Waals surface area contributed by atoms with Crippen molar-refractivity contribution in [3.05, 3.63) is 12.2 Å². The highest BCUT2D eigenvalue weighted by Crippen LogP contribution is 2.49. The van der Waals surface area contributed by atoms with Crippen molar-refractivity contribution in [3.8, 4) is 0 Å². The van der Waals surface area contributed by atoms with Gasteiger partial charge in [-0.3, -0.25) is 9.59 Å². The van der Waals surface area contributed by atoms with E-state index in [-0.39, 0.29) is 35.8 Å². The normalized spacial score (nSPS) is 43.7. The van der Waals surface area contributed by atoms with Crippen molar-refractivity contribution in [2.45, 2.75) is 77.9 Å². The molecule has 4 heteroatoms. The van der Waals surface area contributed by atoms with Gasteiger partial charge in [0.05, 0.1) is 0 Å². The van der Waals surface area contributed by atoms with Crippen LogP contribution >= 0.6 is 0 Å². The summed E-state index contributed by atoms with van der Waals surface area (Å²) in [5, 5.41) is 0. The van der Waals surface area contributed by atoms with Crippen LogP contribution in [0, 0.1) is 29.6 Å². The lowest BCUT2D eigenvalue weighted by Crippen LogP contribution is -2.52. The Morgan fingerprint density at radius 3 is 2.64 bits per heavy atom. The number of carbonyl (C=O) groups excluding carboxylic acids is 2. The van der Waals surface area contributed by atoms with Crippen molar-refractivity contribution >= 4 is 11.9 Å². The average molecular weight is 348 g/mol. The molecule has 0 aromatic heterocycles. The predicted molar refractivity (Wildman–Crippen MR) is 95.7 cm³/mol. The third-order valence-electron chi connectivity index (χ3n) is 7.08. The minimum absolute atomic E-state index is 0.0120. The van der Waals surface area contributed by atoms with Gasteiger partial charge < -0.3 is 9.47 Å². The van der Waals surface area contributed by atoms with Gasteiger partial charge in [-0.1, -0.05) is 39.8 Å². The summed E-state index contributed by atoms with van der Waals surface area (Å²) < 4.78 is 11.7. The molecular weight excluding hydrogens is 316 g/mol. The average Bonchev–Trinajstić information content (AvgIpc) is 2.84. The smallest absolute Gasteiger partial charge is 0.321 e. The molecule has 0 N–H and O–H groups in total. The molecule has 3 aliphatic rings. The Kier molecular flexibility index (Phi) is 5.00. The lowest BCUT2D eigenvalue weighted by molar-refractivity contribution is -0.193. The van der Waals surface area contributed by atoms with E-state index in [1.54, 1.807) is 0 Å². The van der Waals surface area contributed by atoms with Crippen LogP contribution in [0.5, 0.6) is 0 Å². The van der Waals surface area contributed by atoms with Crippen molar-refractivity contribution in [2.75, 3.05) is 0 Å². The summed E-state index contributed by atoms with van der Waals surface area (Å²) in [4.78, 5) is 25.5. The van der Waals surface area contributed by atoms with E-state index in [0.717, 1.165) is 38.5 Å². The van der Waals surface area contributed by atoms with Gasteiger partial charge in [0.25, 0.3) is 0 Å². The van der Waals surface area contributed by atoms with E-state index >= 15 is 0 Å². The monoisotopic (exact) mass is 348 g/mol. The van der Waals surface area contributed by atoms with Crippen molar-refractivity contribution in [1.29, 1.82) is 0 Å². The maximum absolute atomic E-state index is 13.1. The lowest BCUT2D eigenvalue weighted by Gasteiger charge is -2.48.